The third kappa shape index (κ3) is 3.46. The van der Waals surface area contributed by atoms with Gasteiger partial charge in [-0.05, 0) is 39.3 Å². The third-order valence-electron chi connectivity index (χ3n) is 1.82. The van der Waals surface area contributed by atoms with Gasteiger partial charge in [-0.25, -0.2) is 0 Å². The van der Waals surface area contributed by atoms with Gasteiger partial charge in [0.15, 0.2) is 0 Å². The Balaban J connectivity index is 0.000000791. The number of nitrogens with zero attached hydrogens (tertiary/aromatic N) is 1. The average molecular weight is 195 g/mol. The first-order valence-corrected chi connectivity index (χ1v) is 5.08. The van der Waals surface area contributed by atoms with E-state index in [1.807, 2.05) is 39.8 Å². The molecule has 1 aromatic rings. The minimum Gasteiger partial charge on any atom is -0.384 e. The summed E-state index contributed by atoms with van der Waals surface area (Å²) in [6, 6.07) is 3.93. The summed E-state index contributed by atoms with van der Waals surface area (Å²) in [4.78, 5) is 4.29. The Morgan fingerprint density at radius 3 is 2.00 bits per heavy atom. The lowest BCUT2D eigenvalue weighted by Crippen LogP contribution is -2.19. The highest BCUT2D eigenvalue weighted by Crippen LogP contribution is 2.20. The highest BCUT2D eigenvalue weighted by atomic mass is 16.3. The van der Waals surface area contributed by atoms with E-state index in [2.05, 4.69) is 4.98 Å². The summed E-state index contributed by atoms with van der Waals surface area (Å²) in [6.07, 6.45) is 0. The summed E-state index contributed by atoms with van der Waals surface area (Å²) in [5.74, 6) is 0. The number of hydrogen-bond acceptors (Lipinski definition) is 2. The predicted octanol–water partition coefficient (Wildman–Crippen LogP) is 2.95. The SMILES string of the molecule is CC.Cc1ccc(C)c(C(C)(C)O)n1. The number of pyridine rings is 1. The molecular formula is C12H21NO. The second-order valence-corrected chi connectivity index (χ2v) is 3.68. The average Bonchev–Trinajstić information content (AvgIpc) is 2.11. The van der Waals surface area contributed by atoms with Crippen LogP contribution < -0.4 is 0 Å². The van der Waals surface area contributed by atoms with E-state index in [9.17, 15) is 5.11 Å². The molecule has 0 saturated heterocycles. The van der Waals surface area contributed by atoms with Crippen LogP contribution in [-0.4, -0.2) is 10.1 Å². The zero-order chi connectivity index (χ0) is 11.4. The topological polar surface area (TPSA) is 33.1 Å². The normalized spacial score (nSPS) is 10.5. The zero-order valence-corrected chi connectivity index (χ0v) is 10.0. The molecular weight excluding hydrogens is 174 g/mol. The summed E-state index contributed by atoms with van der Waals surface area (Å²) < 4.78 is 0. The van der Waals surface area contributed by atoms with Crippen molar-refractivity contribution in [3.05, 3.63) is 29.1 Å². The standard InChI is InChI=1S/C10H15NO.C2H6/c1-7-5-6-8(2)11-9(7)10(3,4)12;1-2/h5-6,12H,1-4H3;1-2H3. The van der Waals surface area contributed by atoms with Gasteiger partial charge in [-0.2, -0.15) is 0 Å². The van der Waals surface area contributed by atoms with Gasteiger partial charge in [-0.3, -0.25) is 4.98 Å². The first kappa shape index (κ1) is 13.1. The van der Waals surface area contributed by atoms with Crippen LogP contribution in [0.5, 0.6) is 0 Å². The van der Waals surface area contributed by atoms with Crippen molar-refractivity contribution in [1.82, 2.24) is 4.98 Å². The van der Waals surface area contributed by atoms with Crippen LogP contribution >= 0.6 is 0 Å². The van der Waals surface area contributed by atoms with Crippen LogP contribution in [0.4, 0.5) is 0 Å². The molecule has 0 aliphatic carbocycles. The number of hydrogen-bond donors (Lipinski definition) is 1. The van der Waals surface area contributed by atoms with Gasteiger partial charge in [0.25, 0.3) is 0 Å². The Labute approximate surface area is 87.0 Å². The Hall–Kier alpha value is -0.890. The number of aromatic nitrogens is 1. The highest BCUT2D eigenvalue weighted by molar-refractivity contribution is 5.25. The Morgan fingerprint density at radius 1 is 1.14 bits per heavy atom. The first-order chi connectivity index (χ1) is 6.41. The first-order valence-electron chi connectivity index (χ1n) is 5.08. The molecule has 1 aromatic heterocycles. The van der Waals surface area contributed by atoms with Crippen LogP contribution in [0.25, 0.3) is 0 Å². The van der Waals surface area contributed by atoms with Crippen LogP contribution in [0.1, 0.15) is 44.6 Å². The molecule has 0 unspecified atom stereocenters. The van der Waals surface area contributed by atoms with Gasteiger partial charge in [0.1, 0.15) is 5.60 Å². The summed E-state index contributed by atoms with van der Waals surface area (Å²) >= 11 is 0. The molecule has 0 fully saturated rings. The molecule has 0 atom stereocenters. The van der Waals surface area contributed by atoms with Gasteiger partial charge in [-0.15, -0.1) is 0 Å². The molecule has 1 heterocycles. The number of aliphatic hydroxyl groups is 1. The van der Waals surface area contributed by atoms with Gasteiger partial charge in [0.05, 0.1) is 5.69 Å². The largest absolute Gasteiger partial charge is 0.384 e. The molecule has 1 N–H and O–H groups in total. The molecule has 0 radical (unpaired) electrons. The van der Waals surface area contributed by atoms with Crippen LogP contribution in [0.2, 0.25) is 0 Å². The van der Waals surface area contributed by atoms with Gasteiger partial charge in [0, 0.05) is 5.69 Å². The fourth-order valence-electron chi connectivity index (χ4n) is 1.25. The molecule has 80 valence electrons. The van der Waals surface area contributed by atoms with Gasteiger partial charge < -0.3 is 5.11 Å². The molecule has 0 aromatic carbocycles. The van der Waals surface area contributed by atoms with Crippen LogP contribution in [0.3, 0.4) is 0 Å². The van der Waals surface area contributed by atoms with E-state index in [4.69, 9.17) is 0 Å². The van der Waals surface area contributed by atoms with E-state index in [1.165, 1.54) is 0 Å². The monoisotopic (exact) mass is 195 g/mol. The summed E-state index contributed by atoms with van der Waals surface area (Å²) in [6.45, 7) is 11.4. The van der Waals surface area contributed by atoms with Crippen LogP contribution in [0, 0.1) is 13.8 Å². The fraction of sp³-hybridized carbons (Fsp3) is 0.583. The van der Waals surface area contributed by atoms with Crippen molar-refractivity contribution in [2.75, 3.05) is 0 Å². The third-order valence-corrected chi connectivity index (χ3v) is 1.82. The Kier molecular flexibility index (Phi) is 4.78. The van der Waals surface area contributed by atoms with Crippen molar-refractivity contribution in [2.45, 2.75) is 47.1 Å². The summed E-state index contributed by atoms with van der Waals surface area (Å²) in [7, 11) is 0. The lowest BCUT2D eigenvalue weighted by molar-refractivity contribution is 0.0729. The van der Waals surface area contributed by atoms with Crippen molar-refractivity contribution in [3.63, 3.8) is 0 Å². The maximum Gasteiger partial charge on any atom is 0.101 e. The predicted molar refractivity (Wildman–Crippen MR) is 60.3 cm³/mol. The molecule has 0 bridgehead atoms. The molecule has 0 spiro atoms. The molecule has 0 aliphatic heterocycles. The van der Waals surface area contributed by atoms with E-state index in [0.717, 1.165) is 17.0 Å². The molecule has 2 heteroatoms. The van der Waals surface area contributed by atoms with Crippen molar-refractivity contribution < 1.29 is 5.11 Å². The Morgan fingerprint density at radius 2 is 1.64 bits per heavy atom. The maximum atomic E-state index is 9.73. The van der Waals surface area contributed by atoms with Crippen LogP contribution in [0.15, 0.2) is 12.1 Å². The van der Waals surface area contributed by atoms with Crippen molar-refractivity contribution in [2.24, 2.45) is 0 Å². The second kappa shape index (κ2) is 5.11. The minimum absolute atomic E-state index is 0.766. The van der Waals surface area contributed by atoms with E-state index in [-0.39, 0.29) is 0 Å². The minimum atomic E-state index is -0.837. The van der Waals surface area contributed by atoms with Gasteiger partial charge in [0.2, 0.25) is 0 Å². The number of aryl methyl sites for hydroxylation is 2. The second-order valence-electron chi connectivity index (χ2n) is 3.68. The molecule has 14 heavy (non-hydrogen) atoms. The molecule has 0 saturated carbocycles. The number of rotatable bonds is 1. The van der Waals surface area contributed by atoms with Gasteiger partial charge >= 0.3 is 0 Å². The van der Waals surface area contributed by atoms with Crippen molar-refractivity contribution in [3.8, 4) is 0 Å². The molecule has 2 nitrogen and oxygen atoms in total. The maximum absolute atomic E-state index is 9.73. The summed E-state index contributed by atoms with van der Waals surface area (Å²) in [5, 5.41) is 9.73. The van der Waals surface area contributed by atoms with Crippen molar-refractivity contribution >= 4 is 0 Å². The molecule has 1 rings (SSSR count). The van der Waals surface area contributed by atoms with E-state index < -0.39 is 5.60 Å². The molecule has 0 amide bonds. The van der Waals surface area contributed by atoms with Crippen LogP contribution in [-0.2, 0) is 5.60 Å². The smallest absolute Gasteiger partial charge is 0.101 e. The lowest BCUT2D eigenvalue weighted by atomic mass is 10.00. The zero-order valence-electron chi connectivity index (χ0n) is 10.0. The highest BCUT2D eigenvalue weighted by Gasteiger charge is 2.19. The Bertz CT molecular complexity index is 287. The quantitative estimate of drug-likeness (QED) is 0.747. The van der Waals surface area contributed by atoms with E-state index >= 15 is 0 Å². The van der Waals surface area contributed by atoms with Crippen molar-refractivity contribution in [1.29, 1.82) is 0 Å². The van der Waals surface area contributed by atoms with E-state index in [1.54, 1.807) is 13.8 Å². The van der Waals surface area contributed by atoms with Gasteiger partial charge in [-0.1, -0.05) is 19.9 Å². The van der Waals surface area contributed by atoms with E-state index in [0.29, 0.717) is 0 Å². The molecule has 0 aliphatic rings. The lowest BCUT2D eigenvalue weighted by Gasteiger charge is -2.19. The summed E-state index contributed by atoms with van der Waals surface area (Å²) in [5.41, 5.74) is 1.91. The fourth-order valence-corrected chi connectivity index (χ4v) is 1.25.